The van der Waals surface area contributed by atoms with Crippen LogP contribution in [-0.4, -0.2) is 43.4 Å². The molecular formula is C13H15ClF14Si. The summed E-state index contributed by atoms with van der Waals surface area (Å²) in [6.07, 6.45) is -16.0. The molecule has 0 radical (unpaired) electrons. The van der Waals surface area contributed by atoms with Crippen molar-refractivity contribution in [2.45, 2.75) is 80.4 Å². The standard InChI is InChI=1S/C13H15ClF14Si/c1-2-5-29(14,7-4-9(17,18)19)6-3-8(15,16)10(20,21)11(22,23)12(24,25)13(26,27)28/h2-7H2,1H3. The van der Waals surface area contributed by atoms with Gasteiger partial charge in [0.2, 0.25) is 0 Å². The lowest BCUT2D eigenvalue weighted by Crippen LogP contribution is -2.66. The van der Waals surface area contributed by atoms with E-state index in [4.69, 9.17) is 11.1 Å². The van der Waals surface area contributed by atoms with E-state index in [1.54, 1.807) is 0 Å². The second-order valence-electron chi connectivity index (χ2n) is 6.44. The van der Waals surface area contributed by atoms with Gasteiger partial charge in [0.05, 0.1) is 0 Å². The molecule has 1 unspecified atom stereocenters. The van der Waals surface area contributed by atoms with Crippen molar-refractivity contribution in [1.29, 1.82) is 0 Å². The molecule has 29 heavy (non-hydrogen) atoms. The van der Waals surface area contributed by atoms with E-state index in [1.165, 1.54) is 6.92 Å². The van der Waals surface area contributed by atoms with E-state index in [0.717, 1.165) is 0 Å². The minimum Gasteiger partial charge on any atom is -0.200 e. The van der Waals surface area contributed by atoms with Crippen molar-refractivity contribution in [3.05, 3.63) is 0 Å². The summed E-state index contributed by atoms with van der Waals surface area (Å²) in [7, 11) is -3.91. The summed E-state index contributed by atoms with van der Waals surface area (Å²) in [6, 6.07) is -2.63. The van der Waals surface area contributed by atoms with Gasteiger partial charge in [0.15, 0.2) is 7.38 Å². The largest absolute Gasteiger partial charge is 0.460 e. The Kier molecular flexibility index (Phi) is 8.44. The van der Waals surface area contributed by atoms with Gasteiger partial charge in [0, 0.05) is 12.8 Å². The van der Waals surface area contributed by atoms with Gasteiger partial charge in [0.1, 0.15) is 0 Å². The maximum Gasteiger partial charge on any atom is 0.460 e. The zero-order valence-corrected chi connectivity index (χ0v) is 16.2. The van der Waals surface area contributed by atoms with E-state index in [9.17, 15) is 61.5 Å². The Morgan fingerprint density at radius 1 is 0.586 bits per heavy atom. The third kappa shape index (κ3) is 6.26. The van der Waals surface area contributed by atoms with E-state index in [2.05, 4.69) is 0 Å². The highest BCUT2D eigenvalue weighted by Gasteiger charge is 2.86. The maximum atomic E-state index is 13.7. The molecule has 0 aliphatic heterocycles. The first kappa shape index (κ1) is 28.5. The Bertz CT molecular complexity index is 541. The molecule has 0 aromatic heterocycles. The van der Waals surface area contributed by atoms with E-state index in [-0.39, 0.29) is 12.5 Å². The van der Waals surface area contributed by atoms with Crippen LogP contribution in [0.5, 0.6) is 0 Å². The summed E-state index contributed by atoms with van der Waals surface area (Å²) in [5, 5.41) is 0. The van der Waals surface area contributed by atoms with Crippen LogP contribution in [-0.2, 0) is 0 Å². The lowest BCUT2D eigenvalue weighted by atomic mass is 9.96. The fourth-order valence-electron chi connectivity index (χ4n) is 2.33. The fourth-order valence-corrected chi connectivity index (χ4v) is 6.61. The van der Waals surface area contributed by atoms with Gasteiger partial charge in [0.25, 0.3) is 0 Å². The number of rotatable bonds is 10. The van der Waals surface area contributed by atoms with Crippen LogP contribution < -0.4 is 0 Å². The average Bonchev–Trinajstić information content (AvgIpc) is 2.49. The van der Waals surface area contributed by atoms with Gasteiger partial charge in [-0.1, -0.05) is 13.3 Å². The van der Waals surface area contributed by atoms with Crippen LogP contribution >= 0.6 is 11.1 Å². The minimum absolute atomic E-state index is 0.0118. The Hall–Kier alpha value is -0.473. The molecule has 0 fully saturated rings. The normalized spacial score (nSPS) is 17.4. The first-order valence-electron chi connectivity index (χ1n) is 7.81. The number of alkyl halides is 14. The Morgan fingerprint density at radius 2 is 1.00 bits per heavy atom. The summed E-state index contributed by atoms with van der Waals surface area (Å²) in [5.41, 5.74) is 0. The SMILES string of the molecule is CCC[Si](Cl)(CCC(F)(F)F)CCC(F)(F)C(F)(F)C(F)(F)C(F)(F)C(F)(F)F. The van der Waals surface area contributed by atoms with Crippen LogP contribution in [0.3, 0.4) is 0 Å². The van der Waals surface area contributed by atoms with Crippen LogP contribution in [0.2, 0.25) is 18.1 Å². The smallest absolute Gasteiger partial charge is 0.200 e. The summed E-state index contributed by atoms with van der Waals surface area (Å²) >= 11 is 5.82. The Labute approximate surface area is 161 Å². The van der Waals surface area contributed by atoms with Crippen molar-refractivity contribution >= 4 is 18.5 Å². The molecule has 0 saturated heterocycles. The molecule has 0 nitrogen and oxygen atoms in total. The highest BCUT2D eigenvalue weighted by Crippen LogP contribution is 2.58. The summed E-state index contributed by atoms with van der Waals surface area (Å²) < 4.78 is 179. The highest BCUT2D eigenvalue weighted by molar-refractivity contribution is 7.20. The lowest BCUT2D eigenvalue weighted by molar-refractivity contribution is -0.422. The Balaban J connectivity index is 5.69. The van der Waals surface area contributed by atoms with Crippen LogP contribution in [0.15, 0.2) is 0 Å². The second-order valence-corrected chi connectivity index (χ2v) is 12.6. The molecule has 0 aliphatic carbocycles. The van der Waals surface area contributed by atoms with E-state index < -0.39 is 68.4 Å². The predicted octanol–water partition coefficient (Wildman–Crippen LogP) is 8.03. The van der Waals surface area contributed by atoms with Crippen molar-refractivity contribution in [3.63, 3.8) is 0 Å². The van der Waals surface area contributed by atoms with Crippen LogP contribution in [0.4, 0.5) is 61.5 Å². The van der Waals surface area contributed by atoms with Crippen molar-refractivity contribution in [2.24, 2.45) is 0 Å². The quantitative estimate of drug-likeness (QED) is 0.162. The van der Waals surface area contributed by atoms with E-state index >= 15 is 0 Å². The summed E-state index contributed by atoms with van der Waals surface area (Å²) in [5.74, 6) is -28.3. The predicted molar refractivity (Wildman–Crippen MR) is 77.5 cm³/mol. The molecule has 16 heteroatoms. The second kappa shape index (κ2) is 8.58. The number of hydrogen-bond donors (Lipinski definition) is 0. The minimum atomic E-state index is -7.53. The number of hydrogen-bond acceptors (Lipinski definition) is 0. The lowest BCUT2D eigenvalue weighted by Gasteiger charge is -2.38. The molecule has 0 N–H and O–H groups in total. The first-order valence-corrected chi connectivity index (χ1v) is 11.4. The molecule has 0 aliphatic rings. The van der Waals surface area contributed by atoms with Crippen molar-refractivity contribution < 1.29 is 61.5 Å². The molecular weight excluding hydrogens is 486 g/mol. The van der Waals surface area contributed by atoms with Crippen molar-refractivity contribution in [1.82, 2.24) is 0 Å². The summed E-state index contributed by atoms with van der Waals surface area (Å²) in [4.78, 5) is 0. The van der Waals surface area contributed by atoms with Crippen LogP contribution in [0.1, 0.15) is 26.2 Å². The molecule has 176 valence electrons. The van der Waals surface area contributed by atoms with Crippen LogP contribution in [0.25, 0.3) is 0 Å². The molecule has 0 heterocycles. The third-order valence-electron chi connectivity index (χ3n) is 4.05. The average molecular weight is 501 g/mol. The molecule has 0 aromatic rings. The summed E-state index contributed by atoms with van der Waals surface area (Å²) in [6.45, 7) is 1.35. The van der Waals surface area contributed by atoms with Gasteiger partial charge in [-0.3, -0.25) is 0 Å². The molecule has 0 bridgehead atoms. The van der Waals surface area contributed by atoms with Crippen molar-refractivity contribution in [2.75, 3.05) is 0 Å². The molecule has 0 saturated carbocycles. The topological polar surface area (TPSA) is 0 Å². The molecule has 0 rings (SSSR count). The van der Waals surface area contributed by atoms with E-state index in [1.807, 2.05) is 0 Å². The number of halogens is 15. The fraction of sp³-hybridized carbons (Fsp3) is 1.00. The molecule has 0 spiro atoms. The Morgan fingerprint density at radius 3 is 1.34 bits per heavy atom. The maximum absolute atomic E-state index is 13.7. The van der Waals surface area contributed by atoms with Gasteiger partial charge >= 0.3 is 36.0 Å². The van der Waals surface area contributed by atoms with Gasteiger partial charge in [-0.15, -0.1) is 0 Å². The van der Waals surface area contributed by atoms with Gasteiger partial charge < -0.3 is 0 Å². The van der Waals surface area contributed by atoms with Gasteiger partial charge in [-0.2, -0.15) is 72.5 Å². The van der Waals surface area contributed by atoms with E-state index in [0.29, 0.717) is 0 Å². The monoisotopic (exact) mass is 500 g/mol. The molecule has 1 atom stereocenters. The molecule has 0 aromatic carbocycles. The van der Waals surface area contributed by atoms with Gasteiger partial charge in [-0.05, 0) is 18.1 Å². The highest BCUT2D eigenvalue weighted by atomic mass is 35.6. The zero-order chi connectivity index (χ0) is 23.7. The van der Waals surface area contributed by atoms with Gasteiger partial charge in [-0.25, -0.2) is 0 Å². The first-order chi connectivity index (χ1) is 12.5. The van der Waals surface area contributed by atoms with Crippen molar-refractivity contribution in [3.8, 4) is 0 Å². The zero-order valence-electron chi connectivity index (χ0n) is 14.4. The van der Waals surface area contributed by atoms with Crippen LogP contribution in [0, 0.1) is 0 Å². The third-order valence-corrected chi connectivity index (χ3v) is 9.43. The molecule has 0 amide bonds.